The van der Waals surface area contributed by atoms with Gasteiger partial charge in [-0.25, -0.2) is 0 Å². The van der Waals surface area contributed by atoms with Crippen molar-refractivity contribution in [2.75, 3.05) is 0 Å². The van der Waals surface area contributed by atoms with Gasteiger partial charge in [0.05, 0.1) is 0 Å². The van der Waals surface area contributed by atoms with E-state index in [1.807, 2.05) is 0 Å². The molecule has 0 atom stereocenters. The molecule has 0 saturated heterocycles. The molecule has 1 nitrogen and oxygen atoms in total. The van der Waals surface area contributed by atoms with Crippen LogP contribution in [0.3, 0.4) is 0 Å². The molecule has 0 amide bonds. The summed E-state index contributed by atoms with van der Waals surface area (Å²) in [6.07, 6.45) is 7.13. The summed E-state index contributed by atoms with van der Waals surface area (Å²) in [5.74, 6) is 0. The van der Waals surface area contributed by atoms with E-state index in [0.717, 1.165) is 6.04 Å². The summed E-state index contributed by atoms with van der Waals surface area (Å²) in [7, 11) is 0. The summed E-state index contributed by atoms with van der Waals surface area (Å²) in [5.41, 5.74) is 0. The van der Waals surface area contributed by atoms with Crippen LogP contribution in [-0.4, -0.2) is 30.9 Å². The maximum Gasteiger partial charge on any atom is 0.00694 e. The predicted octanol–water partition coefficient (Wildman–Crippen LogP) is 1.94. The molecule has 0 bridgehead atoms. The molecule has 1 aliphatic rings. The van der Waals surface area contributed by atoms with Crippen molar-refractivity contribution in [3.05, 3.63) is 0 Å². The van der Waals surface area contributed by atoms with Gasteiger partial charge in [0.25, 0.3) is 0 Å². The standard InChI is InChI=1S/C9H19N.Li/c1-8(2)10-9-6-4-3-5-7-9;/h8-10H,3-7H2,1-2H3;. The minimum absolute atomic E-state index is 0. The SMILES string of the molecule is CC(C)NC1CCCCC1.[Li]. The molecule has 0 aromatic carbocycles. The van der Waals surface area contributed by atoms with Crippen LogP contribution in [0.4, 0.5) is 0 Å². The average molecular weight is 148 g/mol. The Kier molecular flexibility index (Phi) is 6.43. The van der Waals surface area contributed by atoms with Gasteiger partial charge in [-0.05, 0) is 12.8 Å². The van der Waals surface area contributed by atoms with Crippen molar-refractivity contribution in [2.45, 2.75) is 58.0 Å². The molecule has 1 radical (unpaired) electrons. The minimum Gasteiger partial charge on any atom is -0.312 e. The average Bonchev–Trinajstić information content (AvgIpc) is 1.88. The maximum absolute atomic E-state index is 3.58. The normalized spacial score (nSPS) is 19.9. The van der Waals surface area contributed by atoms with E-state index in [1.54, 1.807) is 0 Å². The quantitative estimate of drug-likeness (QED) is 0.590. The van der Waals surface area contributed by atoms with Crippen molar-refractivity contribution >= 4 is 18.9 Å². The molecule has 1 rings (SSSR count). The predicted molar refractivity (Wildman–Crippen MR) is 50.9 cm³/mol. The summed E-state index contributed by atoms with van der Waals surface area (Å²) >= 11 is 0. The Labute approximate surface area is 82.5 Å². The van der Waals surface area contributed by atoms with E-state index in [0.29, 0.717) is 6.04 Å². The molecule has 1 aliphatic carbocycles. The third-order valence-electron chi connectivity index (χ3n) is 2.17. The molecule has 1 saturated carbocycles. The van der Waals surface area contributed by atoms with Crippen LogP contribution in [0.1, 0.15) is 46.0 Å². The first kappa shape index (κ1) is 11.6. The summed E-state index contributed by atoms with van der Waals surface area (Å²) in [6, 6.07) is 1.50. The van der Waals surface area contributed by atoms with Crippen molar-refractivity contribution < 1.29 is 0 Å². The van der Waals surface area contributed by atoms with Crippen molar-refractivity contribution in [1.29, 1.82) is 0 Å². The zero-order valence-electron chi connectivity index (χ0n) is 8.19. The van der Waals surface area contributed by atoms with E-state index in [1.165, 1.54) is 32.1 Å². The van der Waals surface area contributed by atoms with Crippen molar-refractivity contribution in [2.24, 2.45) is 0 Å². The van der Waals surface area contributed by atoms with Crippen molar-refractivity contribution in [1.82, 2.24) is 5.32 Å². The Hall–Kier alpha value is 0.557. The molecule has 1 N–H and O–H groups in total. The number of hydrogen-bond acceptors (Lipinski definition) is 1. The van der Waals surface area contributed by atoms with Gasteiger partial charge in [0, 0.05) is 30.9 Å². The number of rotatable bonds is 2. The topological polar surface area (TPSA) is 12.0 Å². The van der Waals surface area contributed by atoms with Crippen LogP contribution in [0.5, 0.6) is 0 Å². The van der Waals surface area contributed by atoms with Crippen LogP contribution >= 0.6 is 0 Å². The van der Waals surface area contributed by atoms with Gasteiger partial charge in [-0.1, -0.05) is 33.1 Å². The minimum atomic E-state index is 0. The molecule has 1 fully saturated rings. The second-order valence-electron chi connectivity index (χ2n) is 3.66. The van der Waals surface area contributed by atoms with Crippen LogP contribution in [0.2, 0.25) is 0 Å². The third-order valence-corrected chi connectivity index (χ3v) is 2.17. The fourth-order valence-corrected chi connectivity index (χ4v) is 1.74. The summed E-state index contributed by atoms with van der Waals surface area (Å²) in [5, 5.41) is 3.58. The Morgan fingerprint density at radius 1 is 1.09 bits per heavy atom. The molecule has 0 spiro atoms. The summed E-state index contributed by atoms with van der Waals surface area (Å²) in [6.45, 7) is 4.46. The zero-order chi connectivity index (χ0) is 7.40. The van der Waals surface area contributed by atoms with Gasteiger partial charge in [0.15, 0.2) is 0 Å². The van der Waals surface area contributed by atoms with E-state index in [4.69, 9.17) is 0 Å². The summed E-state index contributed by atoms with van der Waals surface area (Å²) < 4.78 is 0. The van der Waals surface area contributed by atoms with Crippen LogP contribution < -0.4 is 5.32 Å². The largest absolute Gasteiger partial charge is 0.312 e. The van der Waals surface area contributed by atoms with E-state index >= 15 is 0 Å². The van der Waals surface area contributed by atoms with E-state index in [9.17, 15) is 0 Å². The van der Waals surface area contributed by atoms with Gasteiger partial charge < -0.3 is 5.32 Å². The Balaban J connectivity index is 0.000001000. The second kappa shape index (κ2) is 6.12. The number of nitrogens with one attached hydrogen (secondary N) is 1. The molecular weight excluding hydrogens is 129 g/mol. The fourth-order valence-electron chi connectivity index (χ4n) is 1.74. The number of hydrogen-bond donors (Lipinski definition) is 1. The monoisotopic (exact) mass is 148 g/mol. The molecule has 0 unspecified atom stereocenters. The molecular formula is C9H19LiN. The molecule has 61 valence electrons. The van der Waals surface area contributed by atoms with Gasteiger partial charge in [0.2, 0.25) is 0 Å². The molecule has 0 aromatic heterocycles. The van der Waals surface area contributed by atoms with Gasteiger partial charge in [-0.2, -0.15) is 0 Å². The van der Waals surface area contributed by atoms with Gasteiger partial charge in [-0.15, -0.1) is 0 Å². The molecule has 0 aliphatic heterocycles. The van der Waals surface area contributed by atoms with Crippen molar-refractivity contribution in [3.63, 3.8) is 0 Å². The van der Waals surface area contributed by atoms with Gasteiger partial charge >= 0.3 is 0 Å². The van der Waals surface area contributed by atoms with Crippen molar-refractivity contribution in [3.8, 4) is 0 Å². The molecule has 0 aromatic rings. The Bertz CT molecular complexity index is 87.6. The van der Waals surface area contributed by atoms with Crippen LogP contribution in [0.15, 0.2) is 0 Å². The molecule has 2 heteroatoms. The van der Waals surface area contributed by atoms with Gasteiger partial charge in [-0.3, -0.25) is 0 Å². The van der Waals surface area contributed by atoms with Crippen LogP contribution in [0.25, 0.3) is 0 Å². The zero-order valence-corrected chi connectivity index (χ0v) is 8.19. The first-order chi connectivity index (χ1) is 4.79. The fraction of sp³-hybridized carbons (Fsp3) is 1.00. The Morgan fingerprint density at radius 3 is 2.09 bits per heavy atom. The first-order valence-corrected chi connectivity index (χ1v) is 4.55. The second-order valence-corrected chi connectivity index (χ2v) is 3.66. The van der Waals surface area contributed by atoms with E-state index < -0.39 is 0 Å². The smallest absolute Gasteiger partial charge is 0.00694 e. The van der Waals surface area contributed by atoms with Gasteiger partial charge in [0.1, 0.15) is 0 Å². The van der Waals surface area contributed by atoms with E-state index in [-0.39, 0.29) is 18.9 Å². The first-order valence-electron chi connectivity index (χ1n) is 4.55. The molecule has 0 heterocycles. The van der Waals surface area contributed by atoms with Crippen LogP contribution in [-0.2, 0) is 0 Å². The Morgan fingerprint density at radius 2 is 1.64 bits per heavy atom. The third kappa shape index (κ3) is 4.90. The summed E-state index contributed by atoms with van der Waals surface area (Å²) in [4.78, 5) is 0. The van der Waals surface area contributed by atoms with Crippen LogP contribution in [0, 0.1) is 0 Å². The molecule has 11 heavy (non-hydrogen) atoms. The van der Waals surface area contributed by atoms with E-state index in [2.05, 4.69) is 19.2 Å². The maximum atomic E-state index is 3.58.